The number of hydrogen-bond acceptors (Lipinski definition) is 4. The van der Waals surface area contributed by atoms with Crippen molar-refractivity contribution in [3.05, 3.63) is 0 Å². The van der Waals surface area contributed by atoms with Gasteiger partial charge in [0.05, 0.1) is 25.2 Å². The number of ether oxygens (including phenoxy) is 1. The number of aliphatic carboxylic acids is 1. The second kappa shape index (κ2) is 5.81. The van der Waals surface area contributed by atoms with Gasteiger partial charge in [-0.3, -0.25) is 9.59 Å². The van der Waals surface area contributed by atoms with Crippen molar-refractivity contribution in [3.8, 4) is 0 Å². The second-order valence-corrected chi connectivity index (χ2v) is 3.89. The highest BCUT2D eigenvalue weighted by atomic mass is 16.5. The highest BCUT2D eigenvalue weighted by molar-refractivity contribution is 5.81. The van der Waals surface area contributed by atoms with Crippen molar-refractivity contribution in [2.45, 2.75) is 31.9 Å². The molecule has 0 aromatic heterocycles. The Kier molecular flexibility index (Phi) is 4.70. The molecular weight excluding hydrogens is 212 g/mol. The molecule has 0 aromatic rings. The Hall–Kier alpha value is -1.14. The molecule has 16 heavy (non-hydrogen) atoms. The summed E-state index contributed by atoms with van der Waals surface area (Å²) < 4.78 is 5.27. The van der Waals surface area contributed by atoms with Crippen LogP contribution in [0.2, 0.25) is 0 Å². The average molecular weight is 230 g/mol. The predicted molar refractivity (Wildman–Crippen MR) is 56.8 cm³/mol. The number of morpholine rings is 1. The molecule has 0 aromatic carbocycles. The van der Waals surface area contributed by atoms with E-state index in [2.05, 4.69) is 0 Å². The minimum absolute atomic E-state index is 0.0782. The third kappa shape index (κ3) is 3.46. The number of nitrogens with zero attached hydrogens (tertiary/aromatic N) is 1. The van der Waals surface area contributed by atoms with Crippen molar-refractivity contribution in [1.82, 2.24) is 4.90 Å². The summed E-state index contributed by atoms with van der Waals surface area (Å²) in [4.78, 5) is 23.9. The summed E-state index contributed by atoms with van der Waals surface area (Å²) in [5.74, 6) is -1.04. The quantitative estimate of drug-likeness (QED) is 0.674. The standard InChI is InChI=1S/C10H18N2O4/c1-2-8(11)10(15)12-3-4-16-7(6-12)5-9(13)14/h7-8H,2-6,11H2,1H3,(H,13,14). The maximum absolute atomic E-state index is 11.8. The van der Waals surface area contributed by atoms with Crippen LogP contribution in [0.15, 0.2) is 0 Å². The largest absolute Gasteiger partial charge is 0.481 e. The summed E-state index contributed by atoms with van der Waals surface area (Å²) in [6.45, 7) is 3.03. The molecule has 1 aliphatic rings. The Morgan fingerprint density at radius 3 is 2.88 bits per heavy atom. The van der Waals surface area contributed by atoms with Crippen molar-refractivity contribution in [2.24, 2.45) is 5.73 Å². The Bertz CT molecular complexity index is 270. The molecule has 1 heterocycles. The first-order valence-corrected chi connectivity index (χ1v) is 5.42. The van der Waals surface area contributed by atoms with Gasteiger partial charge in [-0.1, -0.05) is 6.92 Å². The molecule has 92 valence electrons. The molecule has 6 heteroatoms. The van der Waals surface area contributed by atoms with Crippen molar-refractivity contribution < 1.29 is 19.4 Å². The zero-order valence-electron chi connectivity index (χ0n) is 9.39. The molecule has 0 bridgehead atoms. The molecule has 2 atom stereocenters. The number of hydrogen-bond donors (Lipinski definition) is 2. The minimum Gasteiger partial charge on any atom is -0.481 e. The van der Waals surface area contributed by atoms with E-state index in [0.29, 0.717) is 26.1 Å². The van der Waals surface area contributed by atoms with Gasteiger partial charge < -0.3 is 20.5 Å². The van der Waals surface area contributed by atoms with Crippen molar-refractivity contribution in [3.63, 3.8) is 0 Å². The lowest BCUT2D eigenvalue weighted by Gasteiger charge is -2.33. The van der Waals surface area contributed by atoms with E-state index in [1.807, 2.05) is 6.92 Å². The van der Waals surface area contributed by atoms with Gasteiger partial charge in [0.15, 0.2) is 0 Å². The third-order valence-electron chi connectivity index (χ3n) is 2.61. The molecule has 1 amide bonds. The van der Waals surface area contributed by atoms with E-state index in [1.165, 1.54) is 0 Å². The van der Waals surface area contributed by atoms with Crippen LogP contribution < -0.4 is 5.73 Å². The molecule has 1 fully saturated rings. The summed E-state index contributed by atoms with van der Waals surface area (Å²) in [6.07, 6.45) is 0.0875. The molecule has 0 radical (unpaired) electrons. The van der Waals surface area contributed by atoms with Gasteiger partial charge in [-0.15, -0.1) is 0 Å². The lowest BCUT2D eigenvalue weighted by molar-refractivity contribution is -0.148. The Balaban J connectivity index is 2.49. The number of carbonyl (C=O) groups excluding carboxylic acids is 1. The predicted octanol–water partition coefficient (Wildman–Crippen LogP) is -0.574. The van der Waals surface area contributed by atoms with Crippen LogP contribution >= 0.6 is 0 Å². The van der Waals surface area contributed by atoms with Crippen LogP contribution in [0.3, 0.4) is 0 Å². The molecule has 1 saturated heterocycles. The molecule has 6 nitrogen and oxygen atoms in total. The fraction of sp³-hybridized carbons (Fsp3) is 0.800. The molecule has 1 rings (SSSR count). The van der Waals surface area contributed by atoms with Crippen LogP contribution in [0.5, 0.6) is 0 Å². The fourth-order valence-electron chi connectivity index (χ4n) is 1.65. The molecule has 0 saturated carbocycles. The first-order valence-electron chi connectivity index (χ1n) is 5.42. The van der Waals surface area contributed by atoms with Gasteiger partial charge in [0, 0.05) is 13.1 Å². The van der Waals surface area contributed by atoms with Gasteiger partial charge in [-0.25, -0.2) is 0 Å². The van der Waals surface area contributed by atoms with Crippen LogP contribution in [-0.4, -0.2) is 53.7 Å². The zero-order chi connectivity index (χ0) is 12.1. The molecule has 2 unspecified atom stereocenters. The second-order valence-electron chi connectivity index (χ2n) is 3.89. The fourth-order valence-corrected chi connectivity index (χ4v) is 1.65. The summed E-state index contributed by atoms with van der Waals surface area (Å²) in [5.41, 5.74) is 5.65. The smallest absolute Gasteiger partial charge is 0.306 e. The lowest BCUT2D eigenvalue weighted by Crippen LogP contribution is -2.51. The highest BCUT2D eigenvalue weighted by Gasteiger charge is 2.27. The maximum Gasteiger partial charge on any atom is 0.306 e. The van der Waals surface area contributed by atoms with E-state index < -0.39 is 18.1 Å². The molecule has 1 aliphatic heterocycles. The van der Waals surface area contributed by atoms with E-state index in [-0.39, 0.29) is 12.3 Å². The highest BCUT2D eigenvalue weighted by Crippen LogP contribution is 2.10. The monoisotopic (exact) mass is 230 g/mol. The molecule has 0 spiro atoms. The maximum atomic E-state index is 11.8. The van der Waals surface area contributed by atoms with E-state index in [9.17, 15) is 9.59 Å². The summed E-state index contributed by atoms with van der Waals surface area (Å²) in [6, 6.07) is -0.497. The third-order valence-corrected chi connectivity index (χ3v) is 2.61. The Morgan fingerprint density at radius 1 is 1.62 bits per heavy atom. The van der Waals surface area contributed by atoms with Crippen molar-refractivity contribution >= 4 is 11.9 Å². The van der Waals surface area contributed by atoms with E-state index >= 15 is 0 Å². The number of nitrogens with two attached hydrogens (primary N) is 1. The Morgan fingerprint density at radius 2 is 2.31 bits per heavy atom. The topological polar surface area (TPSA) is 92.9 Å². The van der Waals surface area contributed by atoms with Gasteiger partial charge in [-0.05, 0) is 6.42 Å². The number of carboxylic acids is 1. The number of carboxylic acid groups (broad SMARTS) is 1. The van der Waals surface area contributed by atoms with Crippen LogP contribution in [0.4, 0.5) is 0 Å². The summed E-state index contributed by atoms with van der Waals surface area (Å²) >= 11 is 0. The van der Waals surface area contributed by atoms with Crippen molar-refractivity contribution in [2.75, 3.05) is 19.7 Å². The number of amides is 1. The van der Waals surface area contributed by atoms with E-state index in [1.54, 1.807) is 4.90 Å². The average Bonchev–Trinajstić information content (AvgIpc) is 2.26. The molecule has 0 aliphatic carbocycles. The Labute approximate surface area is 94.3 Å². The molecular formula is C10H18N2O4. The van der Waals surface area contributed by atoms with Gasteiger partial charge in [-0.2, -0.15) is 0 Å². The van der Waals surface area contributed by atoms with Crippen LogP contribution in [0.25, 0.3) is 0 Å². The number of carbonyl (C=O) groups is 2. The number of rotatable bonds is 4. The lowest BCUT2D eigenvalue weighted by atomic mass is 10.1. The zero-order valence-corrected chi connectivity index (χ0v) is 9.39. The summed E-state index contributed by atoms with van der Waals surface area (Å²) in [5, 5.41) is 8.64. The van der Waals surface area contributed by atoms with E-state index in [4.69, 9.17) is 15.6 Å². The first kappa shape index (κ1) is 12.9. The normalized spacial score (nSPS) is 22.9. The van der Waals surface area contributed by atoms with Gasteiger partial charge >= 0.3 is 5.97 Å². The van der Waals surface area contributed by atoms with E-state index in [0.717, 1.165) is 0 Å². The van der Waals surface area contributed by atoms with Crippen LogP contribution in [0, 0.1) is 0 Å². The van der Waals surface area contributed by atoms with Crippen LogP contribution in [-0.2, 0) is 14.3 Å². The summed E-state index contributed by atoms with van der Waals surface area (Å²) in [7, 11) is 0. The van der Waals surface area contributed by atoms with Gasteiger partial charge in [0.25, 0.3) is 0 Å². The SMILES string of the molecule is CCC(N)C(=O)N1CCOC(CC(=O)O)C1. The van der Waals surface area contributed by atoms with Crippen LogP contribution in [0.1, 0.15) is 19.8 Å². The molecule has 3 N–H and O–H groups in total. The van der Waals surface area contributed by atoms with Gasteiger partial charge in [0.2, 0.25) is 5.91 Å². The first-order chi connectivity index (χ1) is 7.54. The van der Waals surface area contributed by atoms with Crippen molar-refractivity contribution in [1.29, 1.82) is 0 Å². The minimum atomic E-state index is -0.918. The van der Waals surface area contributed by atoms with Gasteiger partial charge in [0.1, 0.15) is 0 Å².